The van der Waals surface area contributed by atoms with Gasteiger partial charge in [0.15, 0.2) is 15.6 Å². The van der Waals surface area contributed by atoms with E-state index in [4.69, 9.17) is 5.14 Å². The molecule has 0 aliphatic carbocycles. The van der Waals surface area contributed by atoms with Gasteiger partial charge in [0, 0.05) is 50.1 Å². The van der Waals surface area contributed by atoms with E-state index in [0.29, 0.717) is 6.42 Å². The van der Waals surface area contributed by atoms with Crippen LogP contribution < -0.4 is 10.0 Å². The van der Waals surface area contributed by atoms with Crippen molar-refractivity contribution in [3.8, 4) is 0 Å². The Hall–Kier alpha value is -2.27. The first-order valence-electron chi connectivity index (χ1n) is 10.4. The summed E-state index contributed by atoms with van der Waals surface area (Å²) < 4.78 is 47.0. The first-order valence-corrected chi connectivity index (χ1v) is 14.0. The SMILES string of the molecule is CS(=O)(=O)Cc1ccc(C(=O)CCCN2CCN(c3ccccc3)CC2)cc1S(N)(=O)=O. The summed E-state index contributed by atoms with van der Waals surface area (Å²) in [6, 6.07) is 14.3. The van der Waals surface area contributed by atoms with E-state index in [0.717, 1.165) is 39.0 Å². The molecule has 0 atom stereocenters. The lowest BCUT2D eigenvalue weighted by Crippen LogP contribution is -2.46. The molecule has 1 aliphatic heterocycles. The van der Waals surface area contributed by atoms with Crippen molar-refractivity contribution in [2.45, 2.75) is 23.5 Å². The highest BCUT2D eigenvalue weighted by molar-refractivity contribution is 7.90. The fourth-order valence-corrected chi connectivity index (χ4v) is 5.58. The lowest BCUT2D eigenvalue weighted by molar-refractivity contribution is 0.0974. The zero-order valence-electron chi connectivity index (χ0n) is 18.1. The van der Waals surface area contributed by atoms with Crippen molar-refractivity contribution >= 4 is 31.3 Å². The highest BCUT2D eigenvalue weighted by Gasteiger charge is 2.21. The van der Waals surface area contributed by atoms with Crippen LogP contribution >= 0.6 is 0 Å². The largest absolute Gasteiger partial charge is 0.369 e. The fraction of sp³-hybridized carbons (Fsp3) is 0.409. The Balaban J connectivity index is 1.55. The number of anilines is 1. The number of ketones is 1. The number of carbonyl (C=O) groups excluding carboxylic acids is 1. The lowest BCUT2D eigenvalue weighted by Gasteiger charge is -2.36. The molecule has 0 unspecified atom stereocenters. The van der Waals surface area contributed by atoms with Gasteiger partial charge in [0.1, 0.15) is 0 Å². The lowest BCUT2D eigenvalue weighted by atomic mass is 10.0. The summed E-state index contributed by atoms with van der Waals surface area (Å²) in [5.41, 5.74) is 1.51. The van der Waals surface area contributed by atoms with Crippen LogP contribution in [0.1, 0.15) is 28.8 Å². The molecule has 10 heteroatoms. The average Bonchev–Trinajstić information content (AvgIpc) is 2.73. The summed E-state index contributed by atoms with van der Waals surface area (Å²) in [6.07, 6.45) is 1.94. The predicted molar refractivity (Wildman–Crippen MR) is 125 cm³/mol. The second kappa shape index (κ2) is 10.1. The van der Waals surface area contributed by atoms with Gasteiger partial charge in [-0.25, -0.2) is 22.0 Å². The summed E-state index contributed by atoms with van der Waals surface area (Å²) in [4.78, 5) is 17.0. The minimum absolute atomic E-state index is 0.0721. The molecule has 32 heavy (non-hydrogen) atoms. The zero-order chi connectivity index (χ0) is 23.4. The molecule has 0 bridgehead atoms. The molecule has 174 valence electrons. The van der Waals surface area contributed by atoms with Crippen LogP contribution in [-0.2, 0) is 25.6 Å². The predicted octanol–water partition coefficient (Wildman–Crippen LogP) is 1.66. The number of sulfonamides is 1. The van der Waals surface area contributed by atoms with E-state index in [1.165, 1.54) is 23.9 Å². The number of nitrogens with two attached hydrogens (primary N) is 1. The van der Waals surface area contributed by atoms with Crippen LogP contribution in [0.2, 0.25) is 0 Å². The summed E-state index contributed by atoms with van der Waals surface area (Å²) in [6.45, 7) is 4.47. The number of nitrogens with zero attached hydrogens (tertiary/aromatic N) is 2. The molecule has 1 saturated heterocycles. The second-order valence-corrected chi connectivity index (χ2v) is 11.8. The van der Waals surface area contributed by atoms with Gasteiger partial charge >= 0.3 is 0 Å². The molecular weight excluding hydrogens is 450 g/mol. The van der Waals surface area contributed by atoms with Gasteiger partial charge in [-0.05, 0) is 36.7 Å². The molecule has 2 N–H and O–H groups in total. The Morgan fingerprint density at radius 1 is 0.969 bits per heavy atom. The molecule has 0 aromatic heterocycles. The molecule has 2 aromatic rings. The number of rotatable bonds is 9. The maximum atomic E-state index is 12.6. The number of benzene rings is 2. The molecule has 0 saturated carbocycles. The summed E-state index contributed by atoms with van der Waals surface area (Å²) in [5, 5.41) is 5.25. The van der Waals surface area contributed by atoms with Crippen LogP contribution in [0.15, 0.2) is 53.4 Å². The van der Waals surface area contributed by atoms with Crippen molar-refractivity contribution in [2.75, 3.05) is 43.9 Å². The zero-order valence-corrected chi connectivity index (χ0v) is 19.7. The van der Waals surface area contributed by atoms with Crippen molar-refractivity contribution in [3.05, 3.63) is 59.7 Å². The number of primary sulfonamides is 1. The van der Waals surface area contributed by atoms with Crippen LogP contribution in [0.4, 0.5) is 5.69 Å². The molecule has 1 aliphatic rings. The van der Waals surface area contributed by atoms with E-state index in [-0.39, 0.29) is 28.2 Å². The Labute approximate surface area is 190 Å². The smallest absolute Gasteiger partial charge is 0.238 e. The van der Waals surface area contributed by atoms with E-state index in [2.05, 4.69) is 21.9 Å². The average molecular weight is 480 g/mol. The second-order valence-electron chi connectivity index (χ2n) is 8.13. The quantitative estimate of drug-likeness (QED) is 0.544. The molecule has 1 heterocycles. The van der Waals surface area contributed by atoms with E-state index in [1.54, 1.807) is 0 Å². The van der Waals surface area contributed by atoms with Crippen LogP contribution in [0, 0.1) is 0 Å². The summed E-state index contributed by atoms with van der Waals surface area (Å²) in [5.74, 6) is -0.647. The number of para-hydroxylation sites is 1. The van der Waals surface area contributed by atoms with Gasteiger partial charge in [-0.3, -0.25) is 9.69 Å². The van der Waals surface area contributed by atoms with E-state index in [1.807, 2.05) is 18.2 Å². The van der Waals surface area contributed by atoms with Gasteiger partial charge in [0.2, 0.25) is 10.0 Å². The van der Waals surface area contributed by atoms with Gasteiger partial charge in [-0.15, -0.1) is 0 Å². The van der Waals surface area contributed by atoms with E-state index in [9.17, 15) is 21.6 Å². The van der Waals surface area contributed by atoms with Crippen LogP contribution in [0.3, 0.4) is 0 Å². The first kappa shape index (κ1) is 24.4. The van der Waals surface area contributed by atoms with Gasteiger partial charge in [0.25, 0.3) is 0 Å². The number of sulfone groups is 1. The Kier molecular flexibility index (Phi) is 7.71. The monoisotopic (exact) mass is 479 g/mol. The number of hydrogen-bond acceptors (Lipinski definition) is 7. The van der Waals surface area contributed by atoms with Crippen molar-refractivity contribution in [3.63, 3.8) is 0 Å². The highest BCUT2D eigenvalue weighted by Crippen LogP contribution is 2.21. The molecule has 8 nitrogen and oxygen atoms in total. The molecule has 3 rings (SSSR count). The maximum absolute atomic E-state index is 12.6. The molecule has 0 spiro atoms. The molecule has 0 amide bonds. The van der Waals surface area contributed by atoms with Crippen molar-refractivity contribution in [1.29, 1.82) is 0 Å². The topological polar surface area (TPSA) is 118 Å². The van der Waals surface area contributed by atoms with Gasteiger partial charge < -0.3 is 4.90 Å². The summed E-state index contributed by atoms with van der Waals surface area (Å²) >= 11 is 0. The fourth-order valence-electron chi connectivity index (χ4n) is 3.87. The maximum Gasteiger partial charge on any atom is 0.238 e. The van der Waals surface area contributed by atoms with Gasteiger partial charge in [-0.1, -0.05) is 30.3 Å². The van der Waals surface area contributed by atoms with E-state index >= 15 is 0 Å². The Bertz CT molecular complexity index is 1160. The van der Waals surface area contributed by atoms with Crippen molar-refractivity contribution < 1.29 is 21.6 Å². The van der Waals surface area contributed by atoms with Gasteiger partial charge in [-0.2, -0.15) is 0 Å². The normalized spacial score (nSPS) is 15.6. The number of piperazine rings is 1. The number of hydrogen-bond donors (Lipinski definition) is 1. The molecule has 2 aromatic carbocycles. The standard InChI is InChI=1S/C22H29N3O5S2/c1-31(27,28)17-19-10-9-18(16-22(19)32(23,29)30)21(26)8-5-11-24-12-14-25(15-13-24)20-6-3-2-4-7-20/h2-4,6-7,9-10,16H,5,8,11-15,17H2,1H3,(H2,23,29,30). The molecule has 0 radical (unpaired) electrons. The number of Topliss-reactive ketones (excluding diaryl/α,β-unsaturated/α-hetero) is 1. The highest BCUT2D eigenvalue weighted by atomic mass is 32.2. The molecule has 1 fully saturated rings. The molecular formula is C22H29N3O5S2. The van der Waals surface area contributed by atoms with Gasteiger partial charge in [0.05, 0.1) is 10.6 Å². The van der Waals surface area contributed by atoms with E-state index < -0.39 is 25.6 Å². The van der Waals surface area contributed by atoms with Crippen molar-refractivity contribution in [1.82, 2.24) is 4.90 Å². The third-order valence-electron chi connectivity index (χ3n) is 5.49. The summed E-state index contributed by atoms with van der Waals surface area (Å²) in [7, 11) is -7.61. The third kappa shape index (κ3) is 6.86. The minimum atomic E-state index is -4.16. The van der Waals surface area contributed by atoms with Crippen LogP contribution in [0.5, 0.6) is 0 Å². The van der Waals surface area contributed by atoms with Crippen LogP contribution in [-0.4, -0.2) is 66.5 Å². The number of carbonyl (C=O) groups is 1. The Morgan fingerprint density at radius 2 is 1.62 bits per heavy atom. The Morgan fingerprint density at radius 3 is 2.22 bits per heavy atom. The third-order valence-corrected chi connectivity index (χ3v) is 7.31. The minimum Gasteiger partial charge on any atom is -0.369 e. The van der Waals surface area contributed by atoms with Crippen LogP contribution in [0.25, 0.3) is 0 Å². The first-order chi connectivity index (χ1) is 15.0. The van der Waals surface area contributed by atoms with Crippen molar-refractivity contribution in [2.24, 2.45) is 5.14 Å².